The van der Waals surface area contributed by atoms with Gasteiger partial charge in [0.2, 0.25) is 5.72 Å². The van der Waals surface area contributed by atoms with E-state index in [0.29, 0.717) is 18.7 Å². The minimum Gasteiger partial charge on any atom is -0.508 e. The number of benzene rings is 1. The lowest BCUT2D eigenvalue weighted by molar-refractivity contribution is -0.128. The van der Waals surface area contributed by atoms with E-state index in [-0.39, 0.29) is 5.75 Å². The van der Waals surface area contributed by atoms with E-state index in [9.17, 15) is 9.90 Å². The lowest BCUT2D eigenvalue weighted by Gasteiger charge is -2.22. The summed E-state index contributed by atoms with van der Waals surface area (Å²) in [5.74, 6) is 0.126. The van der Waals surface area contributed by atoms with E-state index in [1.54, 1.807) is 18.2 Å². The highest BCUT2D eigenvalue weighted by Crippen LogP contribution is 2.26. The van der Waals surface area contributed by atoms with Crippen LogP contribution in [0.1, 0.15) is 5.56 Å². The Labute approximate surface area is 81.5 Å². The Morgan fingerprint density at radius 3 is 3.00 bits per heavy atom. The molecule has 2 rings (SSSR count). The van der Waals surface area contributed by atoms with Crippen molar-refractivity contribution in [2.24, 2.45) is 0 Å². The summed E-state index contributed by atoms with van der Waals surface area (Å²) in [7, 11) is 0. The third-order valence-electron chi connectivity index (χ3n) is 2.26. The number of phenols is 1. The Kier molecular flexibility index (Phi) is 2.23. The molecule has 4 nitrogen and oxygen atoms in total. The van der Waals surface area contributed by atoms with Crippen molar-refractivity contribution in [2.75, 3.05) is 13.2 Å². The van der Waals surface area contributed by atoms with Crippen molar-refractivity contribution in [3.05, 3.63) is 29.8 Å². The summed E-state index contributed by atoms with van der Waals surface area (Å²) in [5.41, 5.74) is -0.441. The number of aromatic hydroxyl groups is 1. The van der Waals surface area contributed by atoms with Crippen LogP contribution in [0.25, 0.3) is 0 Å². The molecule has 74 valence electrons. The molecule has 0 saturated carbocycles. The lowest BCUT2D eigenvalue weighted by atomic mass is 10.0. The highest BCUT2D eigenvalue weighted by atomic mass is 16.5. The highest BCUT2D eigenvalue weighted by Gasteiger charge is 2.36. The molecule has 1 aliphatic heterocycles. The van der Waals surface area contributed by atoms with Gasteiger partial charge >= 0.3 is 0 Å². The minimum absolute atomic E-state index is 0.126. The standard InChI is InChI=1S/C10H11NO3/c12-7-10(11-4-5-14-10)8-2-1-3-9(13)6-8/h1-3,6-7,11,13H,4-5H2. The SMILES string of the molecule is O=CC1(c2cccc(O)c2)NCCO1. The van der Waals surface area contributed by atoms with Gasteiger partial charge in [-0.2, -0.15) is 0 Å². The normalized spacial score (nSPS) is 26.3. The van der Waals surface area contributed by atoms with Crippen molar-refractivity contribution in [3.8, 4) is 5.75 Å². The predicted octanol–water partition coefficient (Wildman–Crippen LogP) is 0.364. The fraction of sp³-hybridized carbons (Fsp3) is 0.300. The summed E-state index contributed by atoms with van der Waals surface area (Å²) in [6.07, 6.45) is 0.717. The molecule has 1 unspecified atom stereocenters. The van der Waals surface area contributed by atoms with Crippen molar-refractivity contribution in [1.82, 2.24) is 5.32 Å². The first kappa shape index (κ1) is 9.18. The molecule has 4 heteroatoms. The summed E-state index contributed by atoms with van der Waals surface area (Å²) in [6.45, 7) is 1.13. The fourth-order valence-corrected chi connectivity index (χ4v) is 1.57. The summed E-state index contributed by atoms with van der Waals surface area (Å²) < 4.78 is 5.34. The molecule has 0 aliphatic carbocycles. The van der Waals surface area contributed by atoms with Crippen LogP contribution >= 0.6 is 0 Å². The van der Waals surface area contributed by atoms with Crippen molar-refractivity contribution < 1.29 is 14.6 Å². The number of ether oxygens (including phenoxy) is 1. The largest absolute Gasteiger partial charge is 0.508 e. The van der Waals surface area contributed by atoms with E-state index in [1.807, 2.05) is 0 Å². The number of hydrogen-bond acceptors (Lipinski definition) is 4. The molecule has 0 aromatic heterocycles. The molecule has 0 bridgehead atoms. The molecule has 2 N–H and O–H groups in total. The number of nitrogens with one attached hydrogen (secondary N) is 1. The van der Waals surface area contributed by atoms with Crippen molar-refractivity contribution in [3.63, 3.8) is 0 Å². The fourth-order valence-electron chi connectivity index (χ4n) is 1.57. The first-order valence-electron chi connectivity index (χ1n) is 4.42. The van der Waals surface area contributed by atoms with E-state index in [4.69, 9.17) is 4.74 Å². The molecule has 1 aromatic rings. The molecular weight excluding hydrogens is 182 g/mol. The Balaban J connectivity index is 2.40. The first-order valence-corrected chi connectivity index (χ1v) is 4.42. The Bertz CT molecular complexity index is 345. The van der Waals surface area contributed by atoms with Gasteiger partial charge in [0.1, 0.15) is 5.75 Å². The number of aldehydes is 1. The minimum atomic E-state index is -1.07. The number of carbonyl (C=O) groups excluding carboxylic acids is 1. The van der Waals surface area contributed by atoms with Gasteiger partial charge in [0.25, 0.3) is 0 Å². The van der Waals surface area contributed by atoms with E-state index in [2.05, 4.69) is 5.32 Å². The highest BCUT2D eigenvalue weighted by molar-refractivity contribution is 5.66. The molecule has 1 fully saturated rings. The van der Waals surface area contributed by atoms with E-state index < -0.39 is 5.72 Å². The van der Waals surface area contributed by atoms with Crippen molar-refractivity contribution in [2.45, 2.75) is 5.72 Å². The molecule has 0 radical (unpaired) electrons. The number of phenolic OH excluding ortho intramolecular Hbond substituents is 1. The van der Waals surface area contributed by atoms with E-state index in [1.165, 1.54) is 6.07 Å². The van der Waals surface area contributed by atoms with Crippen molar-refractivity contribution >= 4 is 6.29 Å². The van der Waals surface area contributed by atoms with Gasteiger partial charge in [-0.05, 0) is 12.1 Å². The zero-order valence-corrected chi connectivity index (χ0v) is 7.56. The van der Waals surface area contributed by atoms with Gasteiger partial charge in [0.15, 0.2) is 6.29 Å². The maximum Gasteiger partial charge on any atom is 0.202 e. The van der Waals surface area contributed by atoms with Crippen molar-refractivity contribution in [1.29, 1.82) is 0 Å². The first-order chi connectivity index (χ1) is 6.77. The van der Waals surface area contributed by atoms with Crippen LogP contribution in [-0.2, 0) is 15.3 Å². The summed E-state index contributed by atoms with van der Waals surface area (Å²) >= 11 is 0. The third kappa shape index (κ3) is 1.38. The molecule has 1 aliphatic rings. The maximum atomic E-state index is 11.0. The average molecular weight is 193 g/mol. The van der Waals surface area contributed by atoms with Crippen LogP contribution in [0.15, 0.2) is 24.3 Å². The van der Waals surface area contributed by atoms with Crippen LogP contribution in [0.4, 0.5) is 0 Å². The second-order valence-corrected chi connectivity index (χ2v) is 3.18. The predicted molar refractivity (Wildman–Crippen MR) is 49.8 cm³/mol. The molecule has 0 amide bonds. The molecule has 1 atom stereocenters. The number of hydrogen-bond donors (Lipinski definition) is 2. The van der Waals surface area contributed by atoms with Gasteiger partial charge in [0.05, 0.1) is 6.61 Å². The topological polar surface area (TPSA) is 58.6 Å². The Morgan fingerprint density at radius 2 is 2.43 bits per heavy atom. The van der Waals surface area contributed by atoms with E-state index >= 15 is 0 Å². The molecule has 1 heterocycles. The quantitative estimate of drug-likeness (QED) is 0.666. The summed E-state index contributed by atoms with van der Waals surface area (Å²) in [4.78, 5) is 11.0. The summed E-state index contributed by atoms with van der Waals surface area (Å²) in [5, 5.41) is 12.2. The average Bonchev–Trinajstić information content (AvgIpc) is 2.67. The van der Waals surface area contributed by atoms with Crippen LogP contribution in [-0.4, -0.2) is 24.5 Å². The second-order valence-electron chi connectivity index (χ2n) is 3.18. The number of rotatable bonds is 2. The Hall–Kier alpha value is -1.39. The van der Waals surface area contributed by atoms with Gasteiger partial charge in [-0.1, -0.05) is 12.1 Å². The van der Waals surface area contributed by atoms with Gasteiger partial charge in [-0.25, -0.2) is 0 Å². The smallest absolute Gasteiger partial charge is 0.202 e. The third-order valence-corrected chi connectivity index (χ3v) is 2.26. The van der Waals surface area contributed by atoms with Crippen LogP contribution in [0.3, 0.4) is 0 Å². The maximum absolute atomic E-state index is 11.0. The molecular formula is C10H11NO3. The lowest BCUT2D eigenvalue weighted by Crippen LogP contribution is -2.39. The van der Waals surface area contributed by atoms with Gasteiger partial charge < -0.3 is 9.84 Å². The van der Waals surface area contributed by atoms with Gasteiger partial charge in [-0.15, -0.1) is 0 Å². The second kappa shape index (κ2) is 3.40. The zero-order chi connectivity index (χ0) is 10.0. The van der Waals surface area contributed by atoms with Gasteiger partial charge in [-0.3, -0.25) is 10.1 Å². The van der Waals surface area contributed by atoms with Crippen LogP contribution in [0.2, 0.25) is 0 Å². The number of carbonyl (C=O) groups is 1. The monoisotopic (exact) mass is 193 g/mol. The Morgan fingerprint density at radius 1 is 1.57 bits per heavy atom. The van der Waals surface area contributed by atoms with Gasteiger partial charge in [0, 0.05) is 12.1 Å². The molecule has 1 aromatic carbocycles. The molecule has 14 heavy (non-hydrogen) atoms. The van der Waals surface area contributed by atoms with Crippen LogP contribution in [0, 0.1) is 0 Å². The zero-order valence-electron chi connectivity index (χ0n) is 7.56. The summed E-state index contributed by atoms with van der Waals surface area (Å²) in [6, 6.07) is 6.50. The molecule has 0 spiro atoms. The van der Waals surface area contributed by atoms with Crippen LogP contribution in [0.5, 0.6) is 5.75 Å². The van der Waals surface area contributed by atoms with E-state index in [0.717, 1.165) is 6.29 Å². The molecule has 1 saturated heterocycles. The van der Waals surface area contributed by atoms with Crippen LogP contribution < -0.4 is 5.32 Å².